The lowest BCUT2D eigenvalue weighted by Gasteiger charge is -2.25. The van der Waals surface area contributed by atoms with Crippen LogP contribution in [0.15, 0.2) is 22.8 Å². The van der Waals surface area contributed by atoms with Crippen molar-refractivity contribution in [1.82, 2.24) is 4.90 Å². The van der Waals surface area contributed by atoms with Gasteiger partial charge in [0.2, 0.25) is 5.76 Å². The molecule has 0 N–H and O–H groups in total. The Hall–Kier alpha value is -1.33. The minimum absolute atomic E-state index is 0.239. The predicted octanol–water partition coefficient (Wildman–Crippen LogP) is 0.726. The molecule has 1 aromatic rings. The molecule has 5 nitrogen and oxygen atoms in total. The number of nitrogens with zero attached hydrogens (tertiary/aromatic N) is 1. The van der Waals surface area contributed by atoms with Gasteiger partial charge in [0, 0.05) is 13.1 Å². The molecule has 15 heavy (non-hydrogen) atoms. The molecule has 1 aliphatic heterocycles. The molecular weight excluding hydrogens is 198 g/mol. The molecule has 0 atom stereocenters. The predicted molar refractivity (Wildman–Crippen MR) is 51.4 cm³/mol. The van der Waals surface area contributed by atoms with Crippen LogP contribution in [0.5, 0.6) is 0 Å². The van der Waals surface area contributed by atoms with Crippen LogP contribution >= 0.6 is 0 Å². The Morgan fingerprint density at radius 3 is 2.93 bits per heavy atom. The Morgan fingerprint density at radius 2 is 2.27 bits per heavy atom. The lowest BCUT2D eigenvalue weighted by molar-refractivity contribution is -0.0223. The van der Waals surface area contributed by atoms with E-state index in [4.69, 9.17) is 13.9 Å². The van der Waals surface area contributed by atoms with Gasteiger partial charge < -0.3 is 13.9 Å². The fourth-order valence-electron chi connectivity index (χ4n) is 1.35. The maximum atomic E-state index is 11.4. The molecule has 2 heterocycles. The number of ether oxygens (including phenoxy) is 2. The van der Waals surface area contributed by atoms with Crippen molar-refractivity contribution < 1.29 is 18.7 Å². The third-order valence-electron chi connectivity index (χ3n) is 2.20. The topological polar surface area (TPSA) is 51.9 Å². The average molecular weight is 211 g/mol. The number of esters is 1. The Kier molecular flexibility index (Phi) is 3.37. The second-order valence-electron chi connectivity index (χ2n) is 3.27. The average Bonchev–Trinajstić information content (AvgIpc) is 2.81. The minimum Gasteiger partial charge on any atom is -0.457 e. The number of hydrogen-bond donors (Lipinski definition) is 0. The Labute approximate surface area is 87.6 Å². The van der Waals surface area contributed by atoms with Crippen LogP contribution in [0.25, 0.3) is 0 Å². The number of rotatable bonds is 3. The number of morpholine rings is 1. The molecule has 2 rings (SSSR count). The summed E-state index contributed by atoms with van der Waals surface area (Å²) in [7, 11) is 0. The van der Waals surface area contributed by atoms with Crippen molar-refractivity contribution >= 4 is 5.97 Å². The van der Waals surface area contributed by atoms with Gasteiger partial charge >= 0.3 is 5.97 Å². The van der Waals surface area contributed by atoms with Crippen LogP contribution in [0.4, 0.5) is 0 Å². The van der Waals surface area contributed by atoms with Gasteiger partial charge in [-0.05, 0) is 12.1 Å². The van der Waals surface area contributed by atoms with E-state index in [1.807, 2.05) is 4.90 Å². The molecule has 0 bridgehead atoms. The molecule has 0 spiro atoms. The quantitative estimate of drug-likeness (QED) is 0.690. The molecule has 0 aliphatic carbocycles. The van der Waals surface area contributed by atoms with Crippen LogP contribution < -0.4 is 0 Å². The zero-order valence-electron chi connectivity index (χ0n) is 8.35. The summed E-state index contributed by atoms with van der Waals surface area (Å²) >= 11 is 0. The van der Waals surface area contributed by atoms with Gasteiger partial charge in [-0.15, -0.1) is 0 Å². The van der Waals surface area contributed by atoms with Gasteiger partial charge in [0.25, 0.3) is 0 Å². The van der Waals surface area contributed by atoms with E-state index >= 15 is 0 Å². The number of carbonyl (C=O) groups is 1. The standard InChI is InChI=1S/C10H13NO4/c12-10(9-2-1-5-14-9)15-8-11-3-6-13-7-4-11/h1-2,5H,3-4,6-8H2. The molecule has 0 amide bonds. The fourth-order valence-corrected chi connectivity index (χ4v) is 1.35. The maximum absolute atomic E-state index is 11.4. The van der Waals surface area contributed by atoms with E-state index in [-0.39, 0.29) is 5.76 Å². The van der Waals surface area contributed by atoms with Gasteiger partial charge in [0.15, 0.2) is 0 Å². The molecule has 1 fully saturated rings. The van der Waals surface area contributed by atoms with Crippen molar-refractivity contribution in [2.45, 2.75) is 0 Å². The Bertz CT molecular complexity index is 303. The molecule has 0 radical (unpaired) electrons. The lowest BCUT2D eigenvalue weighted by Crippen LogP contribution is -2.38. The monoisotopic (exact) mass is 211 g/mol. The van der Waals surface area contributed by atoms with Gasteiger partial charge in [-0.3, -0.25) is 4.90 Å². The minimum atomic E-state index is -0.425. The van der Waals surface area contributed by atoms with Gasteiger partial charge in [0.1, 0.15) is 6.73 Å². The zero-order valence-corrected chi connectivity index (χ0v) is 8.35. The van der Waals surface area contributed by atoms with E-state index < -0.39 is 5.97 Å². The highest BCUT2D eigenvalue weighted by molar-refractivity contribution is 5.86. The first-order chi connectivity index (χ1) is 7.36. The molecule has 1 aromatic heterocycles. The highest BCUT2D eigenvalue weighted by atomic mass is 16.6. The van der Waals surface area contributed by atoms with Crippen LogP contribution in [-0.4, -0.2) is 43.9 Å². The van der Waals surface area contributed by atoms with Crippen molar-refractivity contribution in [1.29, 1.82) is 0 Å². The van der Waals surface area contributed by atoms with E-state index in [0.29, 0.717) is 19.9 Å². The number of hydrogen-bond acceptors (Lipinski definition) is 5. The smallest absolute Gasteiger partial charge is 0.375 e. The normalized spacial score (nSPS) is 17.6. The summed E-state index contributed by atoms with van der Waals surface area (Å²) in [4.78, 5) is 13.4. The molecule has 0 saturated carbocycles. The van der Waals surface area contributed by atoms with E-state index in [0.717, 1.165) is 13.1 Å². The van der Waals surface area contributed by atoms with Gasteiger partial charge in [-0.25, -0.2) is 4.79 Å². The van der Waals surface area contributed by atoms with E-state index in [1.165, 1.54) is 6.26 Å². The first kappa shape index (κ1) is 10.2. The molecule has 0 unspecified atom stereocenters. The van der Waals surface area contributed by atoms with Crippen molar-refractivity contribution in [3.63, 3.8) is 0 Å². The van der Waals surface area contributed by atoms with Gasteiger partial charge in [0.05, 0.1) is 19.5 Å². The second-order valence-corrected chi connectivity index (χ2v) is 3.27. The SMILES string of the molecule is O=C(OCN1CCOCC1)c1ccco1. The molecule has 5 heteroatoms. The molecule has 0 aromatic carbocycles. The van der Waals surface area contributed by atoms with Crippen molar-refractivity contribution in [2.75, 3.05) is 33.0 Å². The fraction of sp³-hybridized carbons (Fsp3) is 0.500. The molecule has 1 saturated heterocycles. The van der Waals surface area contributed by atoms with E-state index in [1.54, 1.807) is 12.1 Å². The molecule has 82 valence electrons. The summed E-state index contributed by atoms with van der Waals surface area (Å²) in [6.45, 7) is 3.27. The van der Waals surface area contributed by atoms with Gasteiger partial charge in [-0.2, -0.15) is 0 Å². The maximum Gasteiger partial charge on any atom is 0.375 e. The lowest BCUT2D eigenvalue weighted by atomic mass is 10.4. The molecule has 1 aliphatic rings. The summed E-state index contributed by atoms with van der Waals surface area (Å²) in [6, 6.07) is 3.24. The Morgan fingerprint density at radius 1 is 1.47 bits per heavy atom. The third kappa shape index (κ3) is 2.81. The summed E-state index contributed by atoms with van der Waals surface area (Å²) in [6.07, 6.45) is 1.45. The van der Waals surface area contributed by atoms with Crippen molar-refractivity contribution in [2.24, 2.45) is 0 Å². The highest BCUT2D eigenvalue weighted by Crippen LogP contribution is 2.03. The summed E-state index contributed by atoms with van der Waals surface area (Å²) in [5, 5.41) is 0. The highest BCUT2D eigenvalue weighted by Gasteiger charge is 2.14. The first-order valence-corrected chi connectivity index (χ1v) is 4.87. The second kappa shape index (κ2) is 4.95. The first-order valence-electron chi connectivity index (χ1n) is 4.87. The van der Waals surface area contributed by atoms with Crippen LogP contribution in [0.2, 0.25) is 0 Å². The van der Waals surface area contributed by atoms with Crippen LogP contribution in [0.1, 0.15) is 10.6 Å². The molecular formula is C10H13NO4. The third-order valence-corrected chi connectivity index (χ3v) is 2.20. The van der Waals surface area contributed by atoms with Crippen molar-refractivity contribution in [3.8, 4) is 0 Å². The largest absolute Gasteiger partial charge is 0.457 e. The Balaban J connectivity index is 1.75. The van der Waals surface area contributed by atoms with E-state index in [2.05, 4.69) is 0 Å². The van der Waals surface area contributed by atoms with Crippen LogP contribution in [0, 0.1) is 0 Å². The zero-order chi connectivity index (χ0) is 10.5. The van der Waals surface area contributed by atoms with Crippen molar-refractivity contribution in [3.05, 3.63) is 24.2 Å². The van der Waals surface area contributed by atoms with Crippen LogP contribution in [-0.2, 0) is 9.47 Å². The summed E-state index contributed by atoms with van der Waals surface area (Å²) in [5.41, 5.74) is 0. The summed E-state index contributed by atoms with van der Waals surface area (Å²) < 4.78 is 15.2. The summed E-state index contributed by atoms with van der Waals surface area (Å²) in [5.74, 6) is -0.185. The number of carbonyl (C=O) groups excluding carboxylic acids is 1. The van der Waals surface area contributed by atoms with E-state index in [9.17, 15) is 4.79 Å². The number of furan rings is 1. The van der Waals surface area contributed by atoms with Gasteiger partial charge in [-0.1, -0.05) is 0 Å². The van der Waals surface area contributed by atoms with Crippen LogP contribution in [0.3, 0.4) is 0 Å².